The van der Waals surface area contributed by atoms with Crippen LogP contribution < -0.4 is 11.1 Å². The van der Waals surface area contributed by atoms with Crippen molar-refractivity contribution in [2.45, 2.75) is 51.6 Å². The van der Waals surface area contributed by atoms with E-state index in [1.54, 1.807) is 6.20 Å². The van der Waals surface area contributed by atoms with Gasteiger partial charge in [0.1, 0.15) is 5.69 Å². The standard InChI is InChI=1S/C15H24N4O/c1-11(12-6-3-2-4-7-12)18-10-13-8-5-9-17-14(13)15(16)19-20/h5,8-9,11-12,18,20H,2-4,6-7,10H2,1H3,(H2,16,19)/t11-/m1/s1. The van der Waals surface area contributed by atoms with Crippen LogP contribution in [-0.4, -0.2) is 22.1 Å². The summed E-state index contributed by atoms with van der Waals surface area (Å²) in [4.78, 5) is 4.18. The molecule has 0 unspecified atom stereocenters. The van der Waals surface area contributed by atoms with Crippen LogP contribution >= 0.6 is 0 Å². The molecule has 1 aromatic heterocycles. The monoisotopic (exact) mass is 276 g/mol. The van der Waals surface area contributed by atoms with Crippen molar-refractivity contribution in [1.29, 1.82) is 0 Å². The van der Waals surface area contributed by atoms with Gasteiger partial charge in [-0.25, -0.2) is 0 Å². The molecule has 0 bridgehead atoms. The molecule has 1 fully saturated rings. The van der Waals surface area contributed by atoms with Gasteiger partial charge in [0.05, 0.1) is 0 Å². The zero-order valence-corrected chi connectivity index (χ0v) is 12.0. The van der Waals surface area contributed by atoms with E-state index in [9.17, 15) is 0 Å². The number of nitrogens with two attached hydrogens (primary N) is 1. The zero-order chi connectivity index (χ0) is 14.4. The average molecular weight is 276 g/mol. The van der Waals surface area contributed by atoms with Gasteiger partial charge in [-0.2, -0.15) is 0 Å². The second-order valence-electron chi connectivity index (χ2n) is 5.56. The first kappa shape index (κ1) is 14.8. The third kappa shape index (κ3) is 3.70. The maximum Gasteiger partial charge on any atom is 0.189 e. The fraction of sp³-hybridized carbons (Fsp3) is 0.600. The topological polar surface area (TPSA) is 83.5 Å². The quantitative estimate of drug-likeness (QED) is 0.333. The van der Waals surface area contributed by atoms with E-state index in [0.29, 0.717) is 18.3 Å². The van der Waals surface area contributed by atoms with Gasteiger partial charge in [0.25, 0.3) is 0 Å². The minimum atomic E-state index is 0.0627. The Morgan fingerprint density at radius 2 is 2.25 bits per heavy atom. The van der Waals surface area contributed by atoms with Crippen LogP contribution in [0, 0.1) is 5.92 Å². The molecule has 5 nitrogen and oxygen atoms in total. The largest absolute Gasteiger partial charge is 0.409 e. The highest BCUT2D eigenvalue weighted by Crippen LogP contribution is 2.26. The Labute approximate surface area is 120 Å². The number of nitrogens with zero attached hydrogens (tertiary/aromatic N) is 2. The lowest BCUT2D eigenvalue weighted by molar-refractivity contribution is 0.280. The van der Waals surface area contributed by atoms with E-state index in [2.05, 4.69) is 22.4 Å². The molecule has 5 heteroatoms. The molecule has 2 rings (SSSR count). The molecule has 0 aromatic carbocycles. The summed E-state index contributed by atoms with van der Waals surface area (Å²) in [5.41, 5.74) is 7.17. The van der Waals surface area contributed by atoms with Crippen molar-refractivity contribution in [3.63, 3.8) is 0 Å². The molecule has 0 radical (unpaired) electrons. The molecule has 20 heavy (non-hydrogen) atoms. The summed E-state index contributed by atoms with van der Waals surface area (Å²) in [6.07, 6.45) is 8.35. The number of pyridine rings is 1. The van der Waals surface area contributed by atoms with E-state index >= 15 is 0 Å². The fourth-order valence-corrected chi connectivity index (χ4v) is 2.93. The van der Waals surface area contributed by atoms with Gasteiger partial charge < -0.3 is 16.3 Å². The van der Waals surface area contributed by atoms with Crippen LogP contribution in [0.5, 0.6) is 0 Å². The number of hydrogen-bond acceptors (Lipinski definition) is 4. The lowest BCUT2D eigenvalue weighted by Gasteiger charge is -2.28. The summed E-state index contributed by atoms with van der Waals surface area (Å²) < 4.78 is 0. The molecular formula is C15H24N4O. The van der Waals surface area contributed by atoms with Crippen molar-refractivity contribution in [2.75, 3.05) is 0 Å². The van der Waals surface area contributed by atoms with Gasteiger partial charge in [-0.3, -0.25) is 4.98 Å². The van der Waals surface area contributed by atoms with Gasteiger partial charge in [0.15, 0.2) is 5.84 Å². The van der Waals surface area contributed by atoms with Crippen molar-refractivity contribution in [1.82, 2.24) is 10.3 Å². The molecule has 1 atom stereocenters. The third-order valence-corrected chi connectivity index (χ3v) is 4.21. The number of oxime groups is 1. The van der Waals surface area contributed by atoms with Crippen molar-refractivity contribution in [3.05, 3.63) is 29.6 Å². The summed E-state index contributed by atoms with van der Waals surface area (Å²) in [6, 6.07) is 4.31. The highest BCUT2D eigenvalue weighted by atomic mass is 16.4. The number of hydrogen-bond donors (Lipinski definition) is 3. The van der Waals surface area contributed by atoms with Gasteiger partial charge in [-0.15, -0.1) is 0 Å². The van der Waals surface area contributed by atoms with Crippen molar-refractivity contribution in [3.8, 4) is 0 Å². The van der Waals surface area contributed by atoms with Gasteiger partial charge in [0, 0.05) is 18.8 Å². The average Bonchev–Trinajstić information content (AvgIpc) is 2.53. The predicted octanol–water partition coefficient (Wildman–Crippen LogP) is 2.23. The minimum Gasteiger partial charge on any atom is -0.409 e. The van der Waals surface area contributed by atoms with Gasteiger partial charge in [-0.05, 0) is 37.3 Å². The second kappa shape index (κ2) is 7.24. The summed E-state index contributed by atoms with van der Waals surface area (Å²) in [7, 11) is 0. The van der Waals surface area contributed by atoms with Crippen LogP contribution in [0.3, 0.4) is 0 Å². The zero-order valence-electron chi connectivity index (χ0n) is 12.0. The van der Waals surface area contributed by atoms with E-state index in [0.717, 1.165) is 11.5 Å². The van der Waals surface area contributed by atoms with Crippen molar-refractivity contribution in [2.24, 2.45) is 16.8 Å². The van der Waals surface area contributed by atoms with Crippen LogP contribution in [0.1, 0.15) is 50.3 Å². The number of nitrogens with one attached hydrogen (secondary N) is 1. The molecule has 0 saturated heterocycles. The predicted molar refractivity (Wildman–Crippen MR) is 79.6 cm³/mol. The van der Waals surface area contributed by atoms with Gasteiger partial charge in [0.2, 0.25) is 0 Å². The minimum absolute atomic E-state index is 0.0627. The molecule has 110 valence electrons. The summed E-state index contributed by atoms with van der Waals surface area (Å²) >= 11 is 0. The van der Waals surface area contributed by atoms with E-state index in [1.807, 2.05) is 12.1 Å². The molecule has 1 heterocycles. The first-order valence-electron chi connectivity index (χ1n) is 7.37. The Kier molecular flexibility index (Phi) is 5.35. The first-order chi connectivity index (χ1) is 9.72. The van der Waals surface area contributed by atoms with Crippen molar-refractivity contribution < 1.29 is 5.21 Å². The molecule has 0 amide bonds. The number of aromatic nitrogens is 1. The van der Waals surface area contributed by atoms with E-state index in [4.69, 9.17) is 10.9 Å². The maximum atomic E-state index is 8.80. The third-order valence-electron chi connectivity index (χ3n) is 4.21. The van der Waals surface area contributed by atoms with E-state index in [-0.39, 0.29) is 5.84 Å². The SMILES string of the molecule is C[C@@H](NCc1cccnc1/C(N)=N/O)C1CCCCC1. The summed E-state index contributed by atoms with van der Waals surface area (Å²) in [5, 5.41) is 15.4. The molecule has 0 aliphatic heterocycles. The number of amidine groups is 1. The van der Waals surface area contributed by atoms with Crippen LogP contribution in [0.15, 0.2) is 23.5 Å². The Morgan fingerprint density at radius 1 is 1.50 bits per heavy atom. The summed E-state index contributed by atoms with van der Waals surface area (Å²) in [6.45, 7) is 2.94. The molecule has 4 N–H and O–H groups in total. The molecular weight excluding hydrogens is 252 g/mol. The van der Waals surface area contributed by atoms with Gasteiger partial charge >= 0.3 is 0 Å². The van der Waals surface area contributed by atoms with E-state index in [1.165, 1.54) is 32.1 Å². The lowest BCUT2D eigenvalue weighted by atomic mass is 9.84. The second-order valence-corrected chi connectivity index (χ2v) is 5.56. The first-order valence-corrected chi connectivity index (χ1v) is 7.37. The Hall–Kier alpha value is -1.62. The summed E-state index contributed by atoms with van der Waals surface area (Å²) in [5.74, 6) is 0.820. The molecule has 1 aliphatic carbocycles. The van der Waals surface area contributed by atoms with Crippen LogP contribution in [0.25, 0.3) is 0 Å². The molecule has 1 saturated carbocycles. The normalized spacial score (nSPS) is 18.9. The Balaban J connectivity index is 1.96. The van der Waals surface area contributed by atoms with Crippen LogP contribution in [0.2, 0.25) is 0 Å². The van der Waals surface area contributed by atoms with Crippen LogP contribution in [-0.2, 0) is 6.54 Å². The molecule has 1 aliphatic rings. The fourth-order valence-electron chi connectivity index (χ4n) is 2.93. The van der Waals surface area contributed by atoms with Crippen molar-refractivity contribution >= 4 is 5.84 Å². The highest BCUT2D eigenvalue weighted by Gasteiger charge is 2.20. The van der Waals surface area contributed by atoms with Crippen LogP contribution in [0.4, 0.5) is 0 Å². The lowest BCUT2D eigenvalue weighted by Crippen LogP contribution is -2.35. The molecule has 0 spiro atoms. The number of rotatable bonds is 5. The van der Waals surface area contributed by atoms with E-state index < -0.39 is 0 Å². The smallest absolute Gasteiger partial charge is 0.189 e. The Morgan fingerprint density at radius 3 is 2.95 bits per heavy atom. The maximum absolute atomic E-state index is 8.80. The highest BCUT2D eigenvalue weighted by molar-refractivity contribution is 5.96. The molecule has 1 aromatic rings. The Bertz CT molecular complexity index is 455. The van der Waals surface area contributed by atoms with Gasteiger partial charge in [-0.1, -0.05) is 30.5 Å².